The van der Waals surface area contributed by atoms with E-state index in [-0.39, 0.29) is 16.6 Å². The Bertz CT molecular complexity index is 1490. The monoisotopic (exact) mass is 549 g/mol. The molecule has 5 rings (SSSR count). The molecule has 4 aromatic rings. The first-order chi connectivity index (χ1) is 17.0. The van der Waals surface area contributed by atoms with Crippen LogP contribution in [0.15, 0.2) is 35.6 Å². The molecule has 0 saturated heterocycles. The zero-order valence-electron chi connectivity index (χ0n) is 19.9. The number of hydrogen-bond acceptors (Lipinski definition) is 5. The van der Waals surface area contributed by atoms with Gasteiger partial charge in [-0.2, -0.15) is 13.2 Å². The summed E-state index contributed by atoms with van der Waals surface area (Å²) in [5.41, 5.74) is 2.45. The van der Waals surface area contributed by atoms with E-state index in [0.29, 0.717) is 28.6 Å². The van der Waals surface area contributed by atoms with Crippen molar-refractivity contribution in [3.63, 3.8) is 0 Å². The largest absolute Gasteiger partial charge is 0.417 e. The Hall–Kier alpha value is -2.36. The van der Waals surface area contributed by atoms with Gasteiger partial charge >= 0.3 is 6.18 Å². The molecule has 0 saturated carbocycles. The highest BCUT2D eigenvalue weighted by Crippen LogP contribution is 2.41. The van der Waals surface area contributed by atoms with Crippen molar-refractivity contribution in [2.45, 2.75) is 51.2 Å². The van der Waals surface area contributed by atoms with Crippen LogP contribution in [0.1, 0.15) is 51.1 Å². The van der Waals surface area contributed by atoms with Gasteiger partial charge in [0, 0.05) is 32.9 Å². The predicted octanol–water partition coefficient (Wildman–Crippen LogP) is 7.87. The van der Waals surface area contributed by atoms with Crippen LogP contribution in [0.4, 0.5) is 13.2 Å². The zero-order valence-corrected chi connectivity index (χ0v) is 22.3. The van der Waals surface area contributed by atoms with Gasteiger partial charge in [-0.15, -0.1) is 11.3 Å². The smallest absolute Gasteiger partial charge is 0.318 e. The SMILES string of the molecule is Cc1cc(C(=O)CSc2ncnc3sc4c(c23)CC[C@H](C)C4)c(C)n1-c1ccc(Cl)c(C(F)(F)F)c1. The zero-order chi connectivity index (χ0) is 25.8. The van der Waals surface area contributed by atoms with E-state index in [1.54, 1.807) is 42.1 Å². The number of thiophene rings is 1. The number of rotatable bonds is 5. The molecule has 0 spiro atoms. The van der Waals surface area contributed by atoms with E-state index in [4.69, 9.17) is 11.6 Å². The lowest BCUT2D eigenvalue weighted by Gasteiger charge is -2.18. The second-order valence-electron chi connectivity index (χ2n) is 9.20. The molecule has 0 bridgehead atoms. The number of carbonyl (C=O) groups is 1. The number of fused-ring (bicyclic) bond motifs is 3. The molecule has 0 radical (unpaired) electrons. The highest BCUT2D eigenvalue weighted by atomic mass is 35.5. The van der Waals surface area contributed by atoms with Gasteiger partial charge in [0.25, 0.3) is 0 Å². The molecular formula is C26H23ClF3N3OS2. The fourth-order valence-corrected chi connectivity index (χ4v) is 7.43. The predicted molar refractivity (Wildman–Crippen MR) is 139 cm³/mol. The molecule has 4 nitrogen and oxygen atoms in total. The summed E-state index contributed by atoms with van der Waals surface area (Å²) in [6, 6.07) is 5.50. The Kier molecular flexibility index (Phi) is 6.68. The molecule has 3 aromatic heterocycles. The van der Waals surface area contributed by atoms with Gasteiger partial charge in [0.1, 0.15) is 16.2 Å². The summed E-state index contributed by atoms with van der Waals surface area (Å²) in [5, 5.41) is 1.51. The molecule has 10 heteroatoms. The Morgan fingerprint density at radius 2 is 2.03 bits per heavy atom. The third-order valence-electron chi connectivity index (χ3n) is 6.64. The summed E-state index contributed by atoms with van der Waals surface area (Å²) in [4.78, 5) is 24.5. The number of ketones is 1. The second-order valence-corrected chi connectivity index (χ2v) is 11.7. The van der Waals surface area contributed by atoms with Crippen LogP contribution in [0.3, 0.4) is 0 Å². The normalized spacial score (nSPS) is 15.9. The quantitative estimate of drug-likeness (QED) is 0.144. The van der Waals surface area contributed by atoms with E-state index in [1.807, 2.05) is 0 Å². The second kappa shape index (κ2) is 9.50. The fraction of sp³-hybridized carbons (Fsp3) is 0.346. The highest BCUT2D eigenvalue weighted by molar-refractivity contribution is 8.00. The van der Waals surface area contributed by atoms with E-state index in [0.717, 1.165) is 40.6 Å². The van der Waals surface area contributed by atoms with Gasteiger partial charge in [0.05, 0.1) is 16.3 Å². The first-order valence-electron chi connectivity index (χ1n) is 11.5. The number of Topliss-reactive ketones (excluding diaryl/α,β-unsaturated/α-hetero) is 1. The van der Waals surface area contributed by atoms with Crippen LogP contribution < -0.4 is 0 Å². The fourth-order valence-electron chi connectivity index (χ4n) is 4.88. The number of nitrogens with zero attached hydrogens (tertiary/aromatic N) is 3. The number of halogens is 4. The molecule has 188 valence electrons. The van der Waals surface area contributed by atoms with Crippen molar-refractivity contribution in [1.82, 2.24) is 14.5 Å². The lowest BCUT2D eigenvalue weighted by atomic mass is 9.89. The lowest BCUT2D eigenvalue weighted by Crippen LogP contribution is -2.09. The van der Waals surface area contributed by atoms with Crippen LogP contribution in [0, 0.1) is 19.8 Å². The van der Waals surface area contributed by atoms with Crippen molar-refractivity contribution in [2.75, 3.05) is 5.75 Å². The molecule has 0 N–H and O–H groups in total. The third kappa shape index (κ3) is 4.57. The van der Waals surface area contributed by atoms with Crippen LogP contribution in [-0.2, 0) is 19.0 Å². The third-order valence-corrected chi connectivity index (χ3v) is 9.12. The molecule has 0 aliphatic heterocycles. The molecule has 0 fully saturated rings. The van der Waals surface area contributed by atoms with Crippen molar-refractivity contribution < 1.29 is 18.0 Å². The summed E-state index contributed by atoms with van der Waals surface area (Å²) in [7, 11) is 0. The standard InChI is InChI=1S/C26H23ClF3N3OS2/c1-13-4-6-17-22(8-13)36-25-23(17)24(31-12-32-25)35-11-21(34)18-9-14(2)33(15(18)3)16-5-7-20(27)19(10-16)26(28,29)30/h5,7,9-10,12-13H,4,6,8,11H2,1-3H3/t13-/m0/s1. The molecule has 36 heavy (non-hydrogen) atoms. The minimum Gasteiger partial charge on any atom is -0.318 e. The first kappa shape index (κ1) is 25.3. The molecule has 0 unspecified atom stereocenters. The van der Waals surface area contributed by atoms with Crippen LogP contribution in [0.5, 0.6) is 0 Å². The number of aromatic nitrogens is 3. The van der Waals surface area contributed by atoms with E-state index in [9.17, 15) is 18.0 Å². The van der Waals surface area contributed by atoms with Crippen molar-refractivity contribution in [3.8, 4) is 5.69 Å². The van der Waals surface area contributed by atoms with E-state index in [1.165, 1.54) is 34.3 Å². The topological polar surface area (TPSA) is 47.8 Å². The number of hydrogen-bond donors (Lipinski definition) is 0. The lowest BCUT2D eigenvalue weighted by molar-refractivity contribution is -0.137. The molecule has 1 aromatic carbocycles. The number of thioether (sulfide) groups is 1. The van der Waals surface area contributed by atoms with Crippen LogP contribution in [0.25, 0.3) is 15.9 Å². The average Bonchev–Trinajstić information content (AvgIpc) is 3.33. The number of benzene rings is 1. The van der Waals surface area contributed by atoms with E-state index >= 15 is 0 Å². The van der Waals surface area contributed by atoms with Gasteiger partial charge in [-0.05, 0) is 68.9 Å². The van der Waals surface area contributed by atoms with Gasteiger partial charge in [0.2, 0.25) is 0 Å². The maximum atomic E-state index is 13.4. The van der Waals surface area contributed by atoms with Crippen molar-refractivity contribution in [3.05, 3.63) is 68.6 Å². The minimum absolute atomic E-state index is 0.103. The molecule has 3 heterocycles. The summed E-state index contributed by atoms with van der Waals surface area (Å²) in [5.74, 6) is 0.722. The number of alkyl halides is 3. The van der Waals surface area contributed by atoms with Crippen molar-refractivity contribution in [2.24, 2.45) is 5.92 Å². The summed E-state index contributed by atoms with van der Waals surface area (Å²) in [6.07, 6.45) is 0.146. The van der Waals surface area contributed by atoms with Crippen LogP contribution >= 0.6 is 34.7 Å². The van der Waals surface area contributed by atoms with Crippen molar-refractivity contribution in [1.29, 1.82) is 0 Å². The molecule has 1 aliphatic rings. The van der Waals surface area contributed by atoms with E-state index < -0.39 is 11.7 Å². The van der Waals surface area contributed by atoms with Gasteiger partial charge in [-0.1, -0.05) is 30.3 Å². The minimum atomic E-state index is -4.57. The number of aryl methyl sites for hydroxylation is 2. The van der Waals surface area contributed by atoms with Crippen molar-refractivity contribution >= 4 is 50.7 Å². The number of carbonyl (C=O) groups excluding carboxylic acids is 1. The summed E-state index contributed by atoms with van der Waals surface area (Å²) in [6.45, 7) is 5.77. The van der Waals surface area contributed by atoms with E-state index in [2.05, 4.69) is 16.9 Å². The maximum Gasteiger partial charge on any atom is 0.417 e. The Morgan fingerprint density at radius 1 is 1.25 bits per heavy atom. The van der Waals surface area contributed by atoms with Gasteiger partial charge in [-0.25, -0.2) is 9.97 Å². The molecule has 0 amide bonds. The molecular weight excluding hydrogens is 527 g/mol. The molecule has 1 atom stereocenters. The van der Waals surface area contributed by atoms with Crippen LogP contribution in [-0.4, -0.2) is 26.1 Å². The molecule has 1 aliphatic carbocycles. The summed E-state index contributed by atoms with van der Waals surface area (Å²) >= 11 is 8.90. The maximum absolute atomic E-state index is 13.4. The Balaban J connectivity index is 1.42. The van der Waals surface area contributed by atoms with Crippen LogP contribution in [0.2, 0.25) is 5.02 Å². The Morgan fingerprint density at radius 3 is 2.78 bits per heavy atom. The first-order valence-corrected chi connectivity index (χ1v) is 13.7. The average molecular weight is 550 g/mol. The van der Waals surface area contributed by atoms with Gasteiger partial charge in [-0.3, -0.25) is 4.79 Å². The van der Waals surface area contributed by atoms with Gasteiger partial charge in [0.15, 0.2) is 5.78 Å². The highest BCUT2D eigenvalue weighted by Gasteiger charge is 2.34. The Labute approximate surface area is 219 Å². The summed E-state index contributed by atoms with van der Waals surface area (Å²) < 4.78 is 41.8. The van der Waals surface area contributed by atoms with Gasteiger partial charge < -0.3 is 4.57 Å².